The molecule has 24 heavy (non-hydrogen) atoms. The van der Waals surface area contributed by atoms with Gasteiger partial charge in [0, 0.05) is 6.20 Å². The largest absolute Gasteiger partial charge is 0.465 e. The van der Waals surface area contributed by atoms with Crippen molar-refractivity contribution in [1.29, 1.82) is 5.26 Å². The number of methoxy groups -OCH3 is 1. The number of nitrogens with zero attached hydrogens (tertiary/aromatic N) is 2. The van der Waals surface area contributed by atoms with Gasteiger partial charge in [-0.15, -0.1) is 11.3 Å². The molecular formula is C18H13N3O2S. The molecule has 0 aliphatic rings. The molecule has 1 heterocycles. The summed E-state index contributed by atoms with van der Waals surface area (Å²) in [4.78, 5) is 16.2. The second-order valence-corrected chi connectivity index (χ2v) is 5.87. The average Bonchev–Trinajstić information content (AvgIpc) is 3.06. The monoisotopic (exact) mass is 335 g/mol. The van der Waals surface area contributed by atoms with Crippen LogP contribution in [0.4, 0.5) is 5.69 Å². The molecule has 118 valence electrons. The highest BCUT2D eigenvalue weighted by Crippen LogP contribution is 2.27. The maximum absolute atomic E-state index is 11.8. The molecule has 5 nitrogen and oxygen atoms in total. The van der Waals surface area contributed by atoms with Crippen LogP contribution < -0.4 is 5.32 Å². The van der Waals surface area contributed by atoms with E-state index in [9.17, 15) is 10.1 Å². The third-order valence-electron chi connectivity index (χ3n) is 3.35. The topological polar surface area (TPSA) is 75.0 Å². The Kier molecular flexibility index (Phi) is 4.54. The Balaban J connectivity index is 1.92. The summed E-state index contributed by atoms with van der Waals surface area (Å²) in [6.45, 7) is 0. The molecule has 0 amide bonds. The van der Waals surface area contributed by atoms with Crippen molar-refractivity contribution in [3.8, 4) is 6.07 Å². The first kappa shape index (κ1) is 15.7. The zero-order chi connectivity index (χ0) is 16.9. The van der Waals surface area contributed by atoms with Crippen molar-refractivity contribution in [3.05, 3.63) is 65.3 Å². The molecule has 6 heteroatoms. The van der Waals surface area contributed by atoms with Crippen molar-refractivity contribution >= 4 is 38.8 Å². The lowest BCUT2D eigenvalue weighted by Gasteiger charge is -2.07. The fraction of sp³-hybridized carbons (Fsp3) is 0.0556. The normalized spacial score (nSPS) is 11.1. The van der Waals surface area contributed by atoms with E-state index in [0.717, 1.165) is 10.2 Å². The summed E-state index contributed by atoms with van der Waals surface area (Å²) in [5, 5.41) is 13.1. The van der Waals surface area contributed by atoms with Gasteiger partial charge in [-0.05, 0) is 24.3 Å². The minimum Gasteiger partial charge on any atom is -0.465 e. The fourth-order valence-corrected chi connectivity index (χ4v) is 3.11. The van der Waals surface area contributed by atoms with E-state index in [4.69, 9.17) is 4.74 Å². The average molecular weight is 335 g/mol. The molecule has 1 N–H and O–H groups in total. The van der Waals surface area contributed by atoms with Crippen molar-refractivity contribution in [3.63, 3.8) is 0 Å². The van der Waals surface area contributed by atoms with Crippen LogP contribution in [0.3, 0.4) is 0 Å². The van der Waals surface area contributed by atoms with Crippen LogP contribution in [0.15, 0.2) is 54.7 Å². The number of carbonyl (C=O) groups is 1. The first-order chi connectivity index (χ1) is 11.7. The number of hydrogen-bond acceptors (Lipinski definition) is 6. The number of nitrogens with one attached hydrogen (secondary N) is 1. The van der Waals surface area contributed by atoms with Crippen molar-refractivity contribution in [2.75, 3.05) is 12.4 Å². The highest BCUT2D eigenvalue weighted by atomic mass is 32.1. The summed E-state index contributed by atoms with van der Waals surface area (Å²) in [5.74, 6) is -0.440. The molecule has 1 aromatic heterocycles. The van der Waals surface area contributed by atoms with Crippen molar-refractivity contribution < 1.29 is 9.53 Å². The minimum atomic E-state index is -0.440. The van der Waals surface area contributed by atoms with Crippen LogP contribution in [0.25, 0.3) is 15.8 Å². The number of carbonyl (C=O) groups excluding carboxylic acids is 1. The van der Waals surface area contributed by atoms with Gasteiger partial charge in [-0.25, -0.2) is 9.78 Å². The van der Waals surface area contributed by atoms with Gasteiger partial charge < -0.3 is 10.1 Å². The molecule has 0 aliphatic carbocycles. The Morgan fingerprint density at radius 2 is 2.00 bits per heavy atom. The van der Waals surface area contributed by atoms with Crippen LogP contribution in [0, 0.1) is 11.3 Å². The predicted octanol–water partition coefficient (Wildman–Crippen LogP) is 4.06. The van der Waals surface area contributed by atoms with Gasteiger partial charge in [0.25, 0.3) is 0 Å². The van der Waals surface area contributed by atoms with E-state index in [-0.39, 0.29) is 0 Å². The molecule has 0 atom stereocenters. The van der Waals surface area contributed by atoms with Gasteiger partial charge in [0.05, 0.1) is 28.6 Å². The number of thiazole rings is 1. The quantitative estimate of drug-likeness (QED) is 0.575. The number of nitriles is 1. The van der Waals surface area contributed by atoms with E-state index < -0.39 is 5.97 Å². The number of hydrogen-bond donors (Lipinski definition) is 1. The second kappa shape index (κ2) is 6.94. The highest BCUT2D eigenvalue weighted by molar-refractivity contribution is 7.19. The number of allylic oxidation sites excluding steroid dienone is 1. The molecule has 0 unspecified atom stereocenters. The van der Waals surface area contributed by atoms with E-state index in [1.807, 2.05) is 24.3 Å². The summed E-state index contributed by atoms with van der Waals surface area (Å²) in [6.07, 6.45) is 1.56. The third kappa shape index (κ3) is 3.12. The molecule has 2 aromatic carbocycles. The predicted molar refractivity (Wildman–Crippen MR) is 94.6 cm³/mol. The number of rotatable bonds is 4. The van der Waals surface area contributed by atoms with E-state index in [2.05, 4.69) is 16.4 Å². The van der Waals surface area contributed by atoms with Gasteiger partial charge in [0.1, 0.15) is 16.6 Å². The number of para-hydroxylation sites is 2. The molecule has 0 saturated heterocycles. The lowest BCUT2D eigenvalue weighted by atomic mass is 10.2. The van der Waals surface area contributed by atoms with Gasteiger partial charge in [-0.1, -0.05) is 24.3 Å². The second-order valence-electron chi connectivity index (χ2n) is 4.84. The van der Waals surface area contributed by atoms with Crippen LogP contribution in [-0.4, -0.2) is 18.1 Å². The Morgan fingerprint density at radius 1 is 1.25 bits per heavy atom. The van der Waals surface area contributed by atoms with E-state index in [1.165, 1.54) is 18.4 Å². The zero-order valence-electron chi connectivity index (χ0n) is 12.8. The summed E-state index contributed by atoms with van der Waals surface area (Å²) in [5.41, 5.74) is 2.22. The van der Waals surface area contributed by atoms with Gasteiger partial charge in [-0.3, -0.25) is 0 Å². The highest BCUT2D eigenvalue weighted by Gasteiger charge is 2.12. The number of anilines is 1. The number of ether oxygens (including phenoxy) is 1. The molecule has 0 bridgehead atoms. The van der Waals surface area contributed by atoms with Gasteiger partial charge in [0.15, 0.2) is 0 Å². The molecule has 0 aliphatic heterocycles. The maximum atomic E-state index is 11.8. The smallest absolute Gasteiger partial charge is 0.339 e. The number of esters is 1. The Labute approximate surface area is 142 Å². The standard InChI is InChI=1S/C18H13N3O2S/c1-23-18(22)13-6-2-3-7-14(13)20-11-12(10-19)17-21-15-8-4-5-9-16(15)24-17/h2-9,11,20H,1H3/b12-11-. The molecule has 0 fully saturated rings. The van der Waals surface area contributed by atoms with Crippen LogP contribution in [0.5, 0.6) is 0 Å². The third-order valence-corrected chi connectivity index (χ3v) is 4.42. The van der Waals surface area contributed by atoms with Crippen LogP contribution in [0.2, 0.25) is 0 Å². The van der Waals surface area contributed by atoms with E-state index in [0.29, 0.717) is 21.8 Å². The van der Waals surface area contributed by atoms with Crippen molar-refractivity contribution in [1.82, 2.24) is 4.98 Å². The van der Waals surface area contributed by atoms with Gasteiger partial charge >= 0.3 is 5.97 Å². The number of fused-ring (bicyclic) bond motifs is 1. The Hall–Kier alpha value is -3.17. The number of benzene rings is 2. The van der Waals surface area contributed by atoms with Crippen molar-refractivity contribution in [2.45, 2.75) is 0 Å². The molecule has 0 saturated carbocycles. The maximum Gasteiger partial charge on any atom is 0.339 e. The molecule has 0 radical (unpaired) electrons. The van der Waals surface area contributed by atoms with Crippen molar-refractivity contribution in [2.24, 2.45) is 0 Å². The zero-order valence-corrected chi connectivity index (χ0v) is 13.6. The summed E-state index contributed by atoms with van der Waals surface area (Å²) < 4.78 is 5.78. The Morgan fingerprint density at radius 3 is 2.75 bits per heavy atom. The molecular weight excluding hydrogens is 322 g/mol. The first-order valence-electron chi connectivity index (χ1n) is 7.13. The van der Waals surface area contributed by atoms with E-state index >= 15 is 0 Å². The number of aromatic nitrogens is 1. The summed E-state index contributed by atoms with van der Waals surface area (Å²) in [7, 11) is 1.33. The minimum absolute atomic E-state index is 0.399. The fourth-order valence-electron chi connectivity index (χ4n) is 2.18. The molecule has 0 spiro atoms. The molecule has 3 rings (SSSR count). The lowest BCUT2D eigenvalue weighted by molar-refractivity contribution is 0.0602. The van der Waals surface area contributed by atoms with E-state index in [1.54, 1.807) is 30.5 Å². The van der Waals surface area contributed by atoms with Gasteiger partial charge in [-0.2, -0.15) is 5.26 Å². The first-order valence-corrected chi connectivity index (χ1v) is 7.94. The Bertz CT molecular complexity index is 937. The summed E-state index contributed by atoms with van der Waals surface area (Å²) in [6, 6.07) is 16.8. The molecule has 3 aromatic rings. The van der Waals surface area contributed by atoms with Crippen LogP contribution in [0.1, 0.15) is 15.4 Å². The SMILES string of the molecule is COC(=O)c1ccccc1N/C=C(/C#N)c1nc2ccccc2s1. The summed E-state index contributed by atoms with van der Waals surface area (Å²) >= 11 is 1.45. The van der Waals surface area contributed by atoms with Gasteiger partial charge in [0.2, 0.25) is 0 Å². The van der Waals surface area contributed by atoms with Crippen LogP contribution >= 0.6 is 11.3 Å². The van der Waals surface area contributed by atoms with Crippen LogP contribution in [-0.2, 0) is 4.74 Å². The lowest BCUT2D eigenvalue weighted by Crippen LogP contribution is -2.05.